The number of carbonyl (C=O) groups is 1. The van der Waals surface area contributed by atoms with Crippen molar-refractivity contribution in [1.29, 1.82) is 5.26 Å². The number of halogens is 3. The monoisotopic (exact) mass is 396 g/mol. The second kappa shape index (κ2) is 8.13. The summed E-state index contributed by atoms with van der Waals surface area (Å²) in [4.78, 5) is 20.2. The molecule has 1 aromatic heterocycles. The fourth-order valence-corrected chi connectivity index (χ4v) is 2.67. The summed E-state index contributed by atoms with van der Waals surface area (Å²) in [5, 5.41) is 10.6. The SMILES string of the molecule is CCC(=O)N(Nc1nc(N)nc(SC)c1C#N)c1cccc(C(F)(F)F)c1. The summed E-state index contributed by atoms with van der Waals surface area (Å²) in [7, 11) is 0. The Morgan fingerprint density at radius 3 is 2.67 bits per heavy atom. The number of nitrogens with two attached hydrogens (primary N) is 1. The molecular weight excluding hydrogens is 381 g/mol. The first kappa shape index (κ1) is 20.3. The number of alkyl halides is 3. The van der Waals surface area contributed by atoms with Crippen LogP contribution in [0.15, 0.2) is 29.3 Å². The number of nitriles is 1. The number of thioether (sulfide) groups is 1. The number of hydrazine groups is 1. The van der Waals surface area contributed by atoms with E-state index in [2.05, 4.69) is 15.4 Å². The van der Waals surface area contributed by atoms with Gasteiger partial charge >= 0.3 is 6.18 Å². The van der Waals surface area contributed by atoms with Gasteiger partial charge in [-0.15, -0.1) is 11.8 Å². The highest BCUT2D eigenvalue weighted by Crippen LogP contribution is 2.32. The van der Waals surface area contributed by atoms with Gasteiger partial charge in [-0.25, -0.2) is 9.99 Å². The van der Waals surface area contributed by atoms with Crippen molar-refractivity contribution in [3.05, 3.63) is 35.4 Å². The van der Waals surface area contributed by atoms with Crippen LogP contribution in [0.2, 0.25) is 0 Å². The van der Waals surface area contributed by atoms with E-state index in [9.17, 15) is 23.2 Å². The number of amides is 1. The highest BCUT2D eigenvalue weighted by molar-refractivity contribution is 7.98. The third kappa shape index (κ3) is 4.59. The number of hydrogen-bond donors (Lipinski definition) is 2. The highest BCUT2D eigenvalue weighted by Gasteiger charge is 2.31. The molecule has 11 heteroatoms. The molecule has 0 saturated heterocycles. The Hall–Kier alpha value is -3.00. The zero-order valence-electron chi connectivity index (χ0n) is 14.3. The second-order valence-electron chi connectivity index (χ2n) is 5.17. The molecule has 0 unspecified atom stereocenters. The van der Waals surface area contributed by atoms with Crippen LogP contribution in [-0.2, 0) is 11.0 Å². The van der Waals surface area contributed by atoms with Crippen LogP contribution in [-0.4, -0.2) is 22.1 Å². The molecule has 0 spiro atoms. The van der Waals surface area contributed by atoms with Gasteiger partial charge in [-0.3, -0.25) is 10.2 Å². The predicted octanol–water partition coefficient (Wildman–Crippen LogP) is 3.44. The third-order valence-corrected chi connectivity index (χ3v) is 4.08. The molecule has 0 radical (unpaired) electrons. The van der Waals surface area contributed by atoms with Crippen LogP contribution >= 0.6 is 11.8 Å². The van der Waals surface area contributed by atoms with Gasteiger partial charge < -0.3 is 5.73 Å². The lowest BCUT2D eigenvalue weighted by atomic mass is 10.2. The molecule has 7 nitrogen and oxygen atoms in total. The van der Waals surface area contributed by atoms with Gasteiger partial charge in [-0.1, -0.05) is 13.0 Å². The summed E-state index contributed by atoms with van der Waals surface area (Å²) in [6.07, 6.45) is -2.89. The van der Waals surface area contributed by atoms with Crippen LogP contribution in [0.5, 0.6) is 0 Å². The molecule has 0 aliphatic rings. The van der Waals surface area contributed by atoms with Crippen LogP contribution in [0, 0.1) is 11.3 Å². The third-order valence-electron chi connectivity index (χ3n) is 3.40. The van der Waals surface area contributed by atoms with Gasteiger partial charge in [0.2, 0.25) is 11.9 Å². The van der Waals surface area contributed by atoms with Crippen molar-refractivity contribution in [2.75, 3.05) is 22.4 Å². The molecule has 142 valence electrons. The molecule has 1 aromatic carbocycles. The quantitative estimate of drug-likeness (QED) is 0.453. The smallest absolute Gasteiger partial charge is 0.368 e. The lowest BCUT2D eigenvalue weighted by molar-refractivity contribution is -0.137. The zero-order chi connectivity index (χ0) is 20.2. The first-order valence-electron chi connectivity index (χ1n) is 7.59. The van der Waals surface area contributed by atoms with Crippen molar-refractivity contribution in [2.45, 2.75) is 24.5 Å². The molecule has 1 amide bonds. The number of nitrogens with zero attached hydrogens (tertiary/aromatic N) is 4. The van der Waals surface area contributed by atoms with E-state index >= 15 is 0 Å². The maximum Gasteiger partial charge on any atom is 0.416 e. The van der Waals surface area contributed by atoms with E-state index in [1.165, 1.54) is 12.1 Å². The average Bonchev–Trinajstić information content (AvgIpc) is 2.64. The molecule has 2 rings (SSSR count). The fraction of sp³-hybridized carbons (Fsp3) is 0.250. The van der Waals surface area contributed by atoms with Gasteiger partial charge in [0.15, 0.2) is 5.82 Å². The molecular formula is C16H15F3N6OS. The normalized spacial score (nSPS) is 11.0. The van der Waals surface area contributed by atoms with E-state index in [0.717, 1.165) is 28.9 Å². The maximum absolute atomic E-state index is 13.0. The zero-order valence-corrected chi connectivity index (χ0v) is 15.1. The molecule has 2 aromatic rings. The van der Waals surface area contributed by atoms with E-state index < -0.39 is 17.6 Å². The Morgan fingerprint density at radius 2 is 2.11 bits per heavy atom. The van der Waals surface area contributed by atoms with E-state index in [0.29, 0.717) is 0 Å². The summed E-state index contributed by atoms with van der Waals surface area (Å²) < 4.78 is 39.0. The first-order chi connectivity index (χ1) is 12.7. The molecule has 0 saturated carbocycles. The maximum atomic E-state index is 13.0. The molecule has 0 atom stereocenters. The summed E-state index contributed by atoms with van der Waals surface area (Å²) in [6.45, 7) is 1.55. The van der Waals surface area contributed by atoms with Crippen LogP contribution in [0.4, 0.5) is 30.6 Å². The number of nitrogens with one attached hydrogen (secondary N) is 1. The number of anilines is 3. The van der Waals surface area contributed by atoms with Crippen LogP contribution in [0.1, 0.15) is 24.5 Å². The van der Waals surface area contributed by atoms with E-state index in [1.54, 1.807) is 13.2 Å². The number of nitrogen functional groups attached to an aromatic ring is 1. The Kier molecular flexibility index (Phi) is 6.12. The van der Waals surface area contributed by atoms with Crippen molar-refractivity contribution in [2.24, 2.45) is 0 Å². The van der Waals surface area contributed by atoms with E-state index in [4.69, 9.17) is 5.73 Å². The standard InChI is InChI=1S/C16H15F3N6OS/c1-3-12(26)25(10-6-4-5-9(7-10)16(17,18)19)24-13-11(8-20)14(27-2)23-15(21)22-13/h4-7H,3H2,1-2H3,(H3,21,22,23,24). The van der Waals surface area contributed by atoms with Gasteiger partial charge in [0.1, 0.15) is 16.7 Å². The number of benzene rings is 1. The molecule has 0 bridgehead atoms. The van der Waals surface area contributed by atoms with Crippen LogP contribution in [0.25, 0.3) is 0 Å². The topological polar surface area (TPSA) is 108 Å². The average molecular weight is 396 g/mol. The van der Waals surface area contributed by atoms with Gasteiger partial charge in [-0.2, -0.15) is 23.4 Å². The number of hydrogen-bond acceptors (Lipinski definition) is 7. The van der Waals surface area contributed by atoms with E-state index in [1.807, 2.05) is 6.07 Å². The minimum atomic E-state index is -4.57. The van der Waals surface area contributed by atoms with Crippen LogP contribution in [0.3, 0.4) is 0 Å². The molecule has 27 heavy (non-hydrogen) atoms. The molecule has 3 N–H and O–H groups in total. The second-order valence-corrected chi connectivity index (χ2v) is 5.96. The van der Waals surface area contributed by atoms with Crippen molar-refractivity contribution in [3.8, 4) is 6.07 Å². The predicted molar refractivity (Wildman–Crippen MR) is 95.8 cm³/mol. The van der Waals surface area contributed by atoms with Gasteiger partial charge in [0, 0.05) is 6.42 Å². The van der Waals surface area contributed by atoms with Crippen molar-refractivity contribution in [3.63, 3.8) is 0 Å². The Morgan fingerprint density at radius 1 is 1.41 bits per heavy atom. The van der Waals surface area contributed by atoms with Crippen molar-refractivity contribution < 1.29 is 18.0 Å². The fourth-order valence-electron chi connectivity index (χ4n) is 2.14. The Bertz CT molecular complexity index is 897. The minimum absolute atomic E-state index is 0.00107. The molecule has 0 aliphatic heterocycles. The lowest BCUT2D eigenvalue weighted by Gasteiger charge is -2.25. The minimum Gasteiger partial charge on any atom is -0.368 e. The summed E-state index contributed by atoms with van der Waals surface area (Å²) in [6, 6.07) is 6.15. The molecule has 1 heterocycles. The van der Waals surface area contributed by atoms with Crippen molar-refractivity contribution >= 4 is 35.1 Å². The van der Waals surface area contributed by atoms with Gasteiger partial charge in [0.25, 0.3) is 0 Å². The number of carbonyl (C=O) groups excluding carboxylic acids is 1. The van der Waals surface area contributed by atoms with Crippen LogP contribution < -0.4 is 16.2 Å². The first-order valence-corrected chi connectivity index (χ1v) is 8.82. The lowest BCUT2D eigenvalue weighted by Crippen LogP contribution is -2.37. The Balaban J connectivity index is 2.54. The Labute approximate surface area is 157 Å². The summed E-state index contributed by atoms with van der Waals surface area (Å²) >= 11 is 1.15. The van der Waals surface area contributed by atoms with Crippen molar-refractivity contribution in [1.82, 2.24) is 9.97 Å². The highest BCUT2D eigenvalue weighted by atomic mass is 32.2. The molecule has 0 fully saturated rings. The van der Waals surface area contributed by atoms with E-state index in [-0.39, 0.29) is 34.5 Å². The summed E-state index contributed by atoms with van der Waals surface area (Å²) in [5.74, 6) is -0.747. The summed E-state index contributed by atoms with van der Waals surface area (Å²) in [5.41, 5.74) is 7.29. The van der Waals surface area contributed by atoms with Gasteiger partial charge in [0.05, 0.1) is 11.3 Å². The molecule has 0 aliphatic carbocycles. The number of rotatable bonds is 5. The largest absolute Gasteiger partial charge is 0.416 e. The number of aromatic nitrogens is 2. The van der Waals surface area contributed by atoms with Gasteiger partial charge in [-0.05, 0) is 24.5 Å².